The number of hydrogen-bond donors (Lipinski definition) is 3. The Bertz CT molecular complexity index is 1760. The zero-order valence-corrected chi connectivity index (χ0v) is 27.8. The quantitative estimate of drug-likeness (QED) is 0.184. The van der Waals surface area contributed by atoms with E-state index in [1.807, 2.05) is 6.92 Å². The molecule has 0 aliphatic carbocycles. The van der Waals surface area contributed by atoms with Crippen LogP contribution in [0.5, 0.6) is 5.88 Å². The van der Waals surface area contributed by atoms with E-state index in [9.17, 15) is 13.2 Å². The van der Waals surface area contributed by atoms with Crippen molar-refractivity contribution in [2.45, 2.75) is 55.1 Å². The zero-order chi connectivity index (χ0) is 33.6. The first kappa shape index (κ1) is 34.5. The van der Waals surface area contributed by atoms with Crippen molar-refractivity contribution >= 4 is 33.2 Å². The number of methoxy groups -OCH3 is 1. The van der Waals surface area contributed by atoms with Crippen LogP contribution < -0.4 is 21.1 Å². The van der Waals surface area contributed by atoms with Gasteiger partial charge in [-0.3, -0.25) is 4.79 Å². The Morgan fingerprint density at radius 2 is 1.79 bits per heavy atom. The first-order chi connectivity index (χ1) is 22.6. The summed E-state index contributed by atoms with van der Waals surface area (Å²) in [4.78, 5) is 18.2. The van der Waals surface area contributed by atoms with Gasteiger partial charge in [0.05, 0.1) is 18.0 Å². The number of rotatable bonds is 12. The number of nitrogens with one attached hydrogen (secondary N) is 2. The Kier molecular flexibility index (Phi) is 11.3. The monoisotopic (exact) mass is 679 g/mol. The number of halogens is 2. The molecule has 4 atom stereocenters. The summed E-state index contributed by atoms with van der Waals surface area (Å²) >= 11 is 6.13. The molecule has 47 heavy (non-hydrogen) atoms. The molecule has 9 nitrogen and oxygen atoms in total. The lowest BCUT2D eigenvalue weighted by Crippen LogP contribution is -2.58. The second-order valence-corrected chi connectivity index (χ2v) is 13.9. The van der Waals surface area contributed by atoms with Gasteiger partial charge in [0, 0.05) is 59.6 Å². The maximum absolute atomic E-state index is 15.3. The van der Waals surface area contributed by atoms with E-state index >= 15 is 4.39 Å². The number of ether oxygens (including phenoxy) is 1. The fraction of sp³-hybridized carbons (Fsp3) is 0.314. The maximum atomic E-state index is 15.3. The molecule has 5 rings (SSSR count). The van der Waals surface area contributed by atoms with E-state index in [4.69, 9.17) is 22.1 Å². The molecule has 1 fully saturated rings. The number of carbonyl (C=O) groups is 1. The normalized spacial score (nSPS) is 18.3. The van der Waals surface area contributed by atoms with Crippen LogP contribution in [0.25, 0.3) is 0 Å². The number of piperazine rings is 1. The molecular weight excluding hydrogens is 641 g/mol. The van der Waals surface area contributed by atoms with Crippen molar-refractivity contribution in [2.24, 2.45) is 5.73 Å². The van der Waals surface area contributed by atoms with E-state index < -0.39 is 33.7 Å². The minimum atomic E-state index is -3.73. The third-order valence-corrected chi connectivity index (χ3v) is 10.8. The molecule has 1 saturated heterocycles. The van der Waals surface area contributed by atoms with Crippen molar-refractivity contribution in [1.82, 2.24) is 14.6 Å². The smallest absolute Gasteiger partial charge is 0.243 e. The summed E-state index contributed by atoms with van der Waals surface area (Å²) in [7, 11) is -2.21. The number of benzene rings is 3. The van der Waals surface area contributed by atoms with Crippen LogP contribution in [-0.2, 0) is 21.2 Å². The number of hydrogen-bond acceptors (Lipinski definition) is 7. The van der Waals surface area contributed by atoms with E-state index in [-0.39, 0.29) is 23.4 Å². The van der Waals surface area contributed by atoms with Crippen LogP contribution in [0.1, 0.15) is 42.4 Å². The predicted octanol–water partition coefficient (Wildman–Crippen LogP) is 5.35. The fourth-order valence-electron chi connectivity index (χ4n) is 6.16. The molecule has 3 aromatic carbocycles. The van der Waals surface area contributed by atoms with Gasteiger partial charge in [-0.2, -0.15) is 4.31 Å². The van der Waals surface area contributed by atoms with E-state index in [1.165, 1.54) is 19.2 Å². The van der Waals surface area contributed by atoms with Crippen LogP contribution in [0.2, 0.25) is 5.02 Å². The molecule has 4 unspecified atom stereocenters. The van der Waals surface area contributed by atoms with E-state index in [2.05, 4.69) is 15.6 Å². The third-order valence-electron chi connectivity index (χ3n) is 8.49. The summed E-state index contributed by atoms with van der Waals surface area (Å²) in [5, 5.41) is 6.73. The maximum Gasteiger partial charge on any atom is 0.243 e. The Labute approximate surface area is 280 Å². The molecule has 0 radical (unpaired) electrons. The van der Waals surface area contributed by atoms with Crippen molar-refractivity contribution < 1.29 is 22.3 Å². The van der Waals surface area contributed by atoms with Crippen LogP contribution in [0.15, 0.2) is 96.0 Å². The molecule has 4 N–H and O–H groups in total. The van der Waals surface area contributed by atoms with Crippen molar-refractivity contribution in [3.63, 3.8) is 0 Å². The molecule has 0 spiro atoms. The molecule has 0 saturated carbocycles. The SMILES string of the molecule is COc1ccc(C(c2ccc(Cl)cc2)C(N)C(=O)Nc2cccc(F)c2CCCC2CNCC(C)N2S(=O)(=O)c2ccccc2)cn1. The highest BCUT2D eigenvalue weighted by Crippen LogP contribution is 2.31. The second kappa shape index (κ2) is 15.4. The van der Waals surface area contributed by atoms with Crippen LogP contribution in [-0.4, -0.2) is 61.9 Å². The topological polar surface area (TPSA) is 127 Å². The summed E-state index contributed by atoms with van der Waals surface area (Å²) in [6, 6.07) is 21.9. The Balaban J connectivity index is 1.33. The highest BCUT2D eigenvalue weighted by atomic mass is 35.5. The van der Waals surface area contributed by atoms with E-state index in [0.29, 0.717) is 53.6 Å². The van der Waals surface area contributed by atoms with Crippen LogP contribution in [0, 0.1) is 5.82 Å². The predicted molar refractivity (Wildman–Crippen MR) is 182 cm³/mol. The first-order valence-corrected chi connectivity index (χ1v) is 17.3. The number of nitrogens with zero attached hydrogens (tertiary/aromatic N) is 2. The molecule has 1 aromatic heterocycles. The summed E-state index contributed by atoms with van der Waals surface area (Å²) in [5.74, 6) is -1.13. The van der Waals surface area contributed by atoms with Gasteiger partial charge in [-0.05, 0) is 73.7 Å². The highest BCUT2D eigenvalue weighted by Gasteiger charge is 2.37. The minimum Gasteiger partial charge on any atom is -0.481 e. The fourth-order valence-corrected chi connectivity index (χ4v) is 8.15. The van der Waals surface area contributed by atoms with Gasteiger partial charge >= 0.3 is 0 Å². The number of amides is 1. The number of aromatic nitrogens is 1. The van der Waals surface area contributed by atoms with Crippen molar-refractivity contribution in [1.29, 1.82) is 0 Å². The average Bonchev–Trinajstić information content (AvgIpc) is 3.07. The zero-order valence-electron chi connectivity index (χ0n) is 26.3. The summed E-state index contributed by atoms with van der Waals surface area (Å²) in [5.41, 5.74) is 8.72. The van der Waals surface area contributed by atoms with Crippen LogP contribution in [0.4, 0.5) is 10.1 Å². The molecule has 0 bridgehead atoms. The Morgan fingerprint density at radius 3 is 2.47 bits per heavy atom. The number of nitrogens with two attached hydrogens (primary N) is 1. The molecule has 1 amide bonds. The van der Waals surface area contributed by atoms with Gasteiger partial charge in [0.25, 0.3) is 0 Å². The Hall–Kier alpha value is -3.87. The van der Waals surface area contributed by atoms with Crippen molar-refractivity contribution in [2.75, 3.05) is 25.5 Å². The molecule has 12 heteroatoms. The number of pyridine rings is 1. The number of anilines is 1. The lowest BCUT2D eigenvalue weighted by atomic mass is 9.85. The third kappa shape index (κ3) is 7.99. The second-order valence-electron chi connectivity index (χ2n) is 11.6. The largest absolute Gasteiger partial charge is 0.481 e. The van der Waals surface area contributed by atoms with Gasteiger partial charge in [0.15, 0.2) is 0 Å². The van der Waals surface area contributed by atoms with Gasteiger partial charge in [-0.25, -0.2) is 17.8 Å². The molecular formula is C35H39ClFN5O4S. The summed E-state index contributed by atoms with van der Waals surface area (Å²) < 4.78 is 49.3. The van der Waals surface area contributed by atoms with Gasteiger partial charge in [-0.1, -0.05) is 54.1 Å². The average molecular weight is 680 g/mol. The molecule has 1 aliphatic rings. The summed E-state index contributed by atoms with van der Waals surface area (Å²) in [6.45, 7) is 2.90. The van der Waals surface area contributed by atoms with Gasteiger partial charge in [0.1, 0.15) is 5.82 Å². The van der Waals surface area contributed by atoms with Gasteiger partial charge in [0.2, 0.25) is 21.8 Å². The van der Waals surface area contributed by atoms with Crippen LogP contribution in [0.3, 0.4) is 0 Å². The molecule has 4 aromatic rings. The molecule has 1 aliphatic heterocycles. The van der Waals surface area contributed by atoms with E-state index in [0.717, 1.165) is 5.56 Å². The lowest BCUT2D eigenvalue weighted by Gasteiger charge is -2.40. The van der Waals surface area contributed by atoms with E-state index in [1.54, 1.807) is 83.3 Å². The Morgan fingerprint density at radius 1 is 1.06 bits per heavy atom. The number of carbonyl (C=O) groups excluding carboxylic acids is 1. The standard InChI is InChI=1S/C35H39ClFN5O4S/c1-23-20-39-22-27(42(23)47(44,45)28-9-4-3-5-10-28)8-6-11-29-30(37)12-7-13-31(29)41-35(43)34(38)33(24-14-17-26(36)18-15-24)25-16-19-32(46-2)40-21-25/h3-5,7,9-10,12-19,21,23,27,33-34,39H,6,8,11,20,22,38H2,1-2H3,(H,41,43). The lowest BCUT2D eigenvalue weighted by molar-refractivity contribution is -0.117. The van der Waals surface area contributed by atoms with Gasteiger partial charge < -0.3 is 21.1 Å². The summed E-state index contributed by atoms with van der Waals surface area (Å²) in [6.07, 6.45) is 2.88. The first-order valence-electron chi connectivity index (χ1n) is 15.5. The minimum absolute atomic E-state index is 0.247. The molecule has 248 valence electrons. The molecule has 2 heterocycles. The van der Waals surface area contributed by atoms with Crippen molar-refractivity contribution in [3.8, 4) is 5.88 Å². The van der Waals surface area contributed by atoms with Crippen LogP contribution >= 0.6 is 11.6 Å². The van der Waals surface area contributed by atoms with Gasteiger partial charge in [-0.15, -0.1) is 0 Å². The highest BCUT2D eigenvalue weighted by molar-refractivity contribution is 7.89. The van der Waals surface area contributed by atoms with Crippen molar-refractivity contribution in [3.05, 3.63) is 119 Å². The number of sulfonamides is 1.